The monoisotopic (exact) mass is 706 g/mol. The number of nitrogens with two attached hydrogens (primary N) is 1. The van der Waals surface area contributed by atoms with E-state index >= 15 is 0 Å². The molecule has 4 aromatic rings. The molecule has 6 N–H and O–H groups in total. The number of carbonyl (C=O) groups excluding carboxylic acids is 2. The predicted molar refractivity (Wildman–Crippen MR) is 202 cm³/mol. The van der Waals surface area contributed by atoms with Crippen molar-refractivity contribution in [3.8, 4) is 11.1 Å². The number of likely N-dealkylation sites (tertiary alicyclic amines) is 1. The molecular weight excluding hydrogens is 656 g/mol. The zero-order valence-corrected chi connectivity index (χ0v) is 29.6. The van der Waals surface area contributed by atoms with Gasteiger partial charge in [0.1, 0.15) is 0 Å². The van der Waals surface area contributed by atoms with Crippen LogP contribution < -0.4 is 16.4 Å². The summed E-state index contributed by atoms with van der Waals surface area (Å²) in [6, 6.07) is 31.5. The van der Waals surface area contributed by atoms with E-state index in [1.54, 1.807) is 12.1 Å². The fraction of sp³-hybridized carbons (Fsp3) is 0.381. The maximum absolute atomic E-state index is 12.6. The molecule has 2 saturated heterocycles. The number of aliphatic hydroxyl groups excluding tert-OH is 2. The lowest BCUT2D eigenvalue weighted by molar-refractivity contribution is -0.253. The van der Waals surface area contributed by atoms with Gasteiger partial charge in [-0.15, -0.1) is 0 Å². The molecule has 10 heteroatoms. The van der Waals surface area contributed by atoms with Crippen LogP contribution in [0.3, 0.4) is 0 Å². The number of nitrogens with zero attached hydrogens (tertiary/aromatic N) is 1. The van der Waals surface area contributed by atoms with Gasteiger partial charge in [0, 0.05) is 44.0 Å². The van der Waals surface area contributed by atoms with E-state index in [9.17, 15) is 19.8 Å². The summed E-state index contributed by atoms with van der Waals surface area (Å²) in [5, 5.41) is 25.3. The number of anilines is 2. The molecule has 10 nitrogen and oxygen atoms in total. The van der Waals surface area contributed by atoms with E-state index in [2.05, 4.69) is 39.8 Å². The number of ether oxygens (including phenoxy) is 2. The third kappa shape index (κ3) is 10.1. The van der Waals surface area contributed by atoms with Gasteiger partial charge in [-0.1, -0.05) is 72.8 Å². The van der Waals surface area contributed by atoms with Crippen molar-refractivity contribution in [3.63, 3.8) is 0 Å². The van der Waals surface area contributed by atoms with Gasteiger partial charge in [-0.25, -0.2) is 0 Å². The molecule has 0 spiro atoms. The van der Waals surface area contributed by atoms with Crippen molar-refractivity contribution in [2.24, 2.45) is 0 Å². The second-order valence-electron chi connectivity index (χ2n) is 13.8. The molecule has 0 bridgehead atoms. The molecule has 0 saturated carbocycles. The van der Waals surface area contributed by atoms with Crippen LogP contribution in [-0.2, 0) is 32.2 Å². The Morgan fingerprint density at radius 3 is 2.33 bits per heavy atom. The van der Waals surface area contributed by atoms with Crippen LogP contribution in [0.4, 0.5) is 11.4 Å². The molecule has 4 aromatic carbocycles. The SMILES string of the molecule is Nc1ccccc1NC(=O)CCCCC(=O)NCc1cccc(-c2cccc([C@H]3O[C@@H](CN4CCC[C@H]4CO)C[C@@H](c4ccc(CO)cc4)O3)c2)c1. The van der Waals surface area contributed by atoms with Gasteiger partial charge in [0.15, 0.2) is 6.29 Å². The van der Waals surface area contributed by atoms with E-state index in [1.165, 1.54) is 0 Å². The first-order chi connectivity index (χ1) is 25.4. The van der Waals surface area contributed by atoms with Gasteiger partial charge in [0.05, 0.1) is 36.8 Å². The van der Waals surface area contributed by atoms with Crippen LogP contribution in [0, 0.1) is 0 Å². The Morgan fingerprint density at radius 1 is 0.808 bits per heavy atom. The molecule has 0 aromatic heterocycles. The number of carbonyl (C=O) groups is 2. The van der Waals surface area contributed by atoms with Gasteiger partial charge < -0.3 is 36.1 Å². The van der Waals surface area contributed by atoms with Crippen molar-refractivity contribution in [1.29, 1.82) is 0 Å². The maximum atomic E-state index is 12.6. The quantitative estimate of drug-likeness (QED) is 0.0721. The fourth-order valence-electron chi connectivity index (χ4n) is 7.05. The number of benzene rings is 4. The summed E-state index contributed by atoms with van der Waals surface area (Å²) in [6.07, 6.45) is 3.77. The minimum atomic E-state index is -0.582. The van der Waals surface area contributed by atoms with Crippen molar-refractivity contribution in [1.82, 2.24) is 10.2 Å². The molecule has 6 rings (SSSR count). The number of aliphatic hydroxyl groups is 2. The van der Waals surface area contributed by atoms with Crippen molar-refractivity contribution in [2.75, 3.05) is 30.7 Å². The summed E-state index contributed by atoms with van der Waals surface area (Å²) in [5.41, 5.74) is 12.9. The van der Waals surface area contributed by atoms with E-state index in [-0.39, 0.29) is 43.3 Å². The molecule has 0 unspecified atom stereocenters. The minimum Gasteiger partial charge on any atom is -0.397 e. The second kappa shape index (κ2) is 18.3. The second-order valence-corrected chi connectivity index (χ2v) is 13.8. The standard InChI is InChI=1S/C42H50N4O6/c43-37-13-1-2-14-38(37)45-41(50)16-4-3-15-40(49)44-25-30-8-5-9-32(22-30)33-10-6-11-34(23-33)42-51-36(26-46-21-7-12-35(46)28-48)24-39(52-42)31-19-17-29(27-47)18-20-31/h1-2,5-6,8-11,13-14,17-20,22-23,35-36,39,42,47-48H,3-4,7,12,15-16,21,24-28,43H2,(H,44,49)(H,45,50)/t35-,36+,39-,42-/m0/s1. The van der Waals surface area contributed by atoms with Crippen LogP contribution in [-0.4, -0.2) is 58.8 Å². The zero-order chi connectivity index (χ0) is 36.3. The average molecular weight is 707 g/mol. The Bertz CT molecular complexity index is 1780. The van der Waals surface area contributed by atoms with Crippen LogP contribution >= 0.6 is 0 Å². The van der Waals surface area contributed by atoms with Gasteiger partial charge in [-0.2, -0.15) is 0 Å². The smallest absolute Gasteiger partial charge is 0.224 e. The number of para-hydroxylation sites is 2. The summed E-state index contributed by atoms with van der Waals surface area (Å²) in [7, 11) is 0. The van der Waals surface area contributed by atoms with Crippen LogP contribution in [0.25, 0.3) is 11.1 Å². The highest BCUT2D eigenvalue weighted by Crippen LogP contribution is 2.39. The molecular formula is C42H50N4O6. The van der Waals surface area contributed by atoms with E-state index in [1.807, 2.05) is 60.7 Å². The molecule has 2 fully saturated rings. The first kappa shape index (κ1) is 37.2. The highest BCUT2D eigenvalue weighted by molar-refractivity contribution is 5.93. The van der Waals surface area contributed by atoms with Crippen LogP contribution in [0.2, 0.25) is 0 Å². The predicted octanol–water partition coefficient (Wildman–Crippen LogP) is 6.25. The number of unbranched alkanes of at least 4 members (excludes halogenated alkanes) is 1. The summed E-state index contributed by atoms with van der Waals surface area (Å²) < 4.78 is 13.2. The van der Waals surface area contributed by atoms with Crippen LogP contribution in [0.1, 0.15) is 79.6 Å². The van der Waals surface area contributed by atoms with Crippen molar-refractivity contribution < 1.29 is 29.3 Å². The normalized spacial score (nSPS) is 20.4. The van der Waals surface area contributed by atoms with E-state index in [0.717, 1.165) is 59.3 Å². The summed E-state index contributed by atoms with van der Waals surface area (Å²) in [6.45, 7) is 2.21. The lowest BCUT2D eigenvalue weighted by Crippen LogP contribution is -2.42. The zero-order valence-electron chi connectivity index (χ0n) is 29.6. The summed E-state index contributed by atoms with van der Waals surface area (Å²) in [5.74, 6) is -0.173. The molecule has 52 heavy (non-hydrogen) atoms. The van der Waals surface area contributed by atoms with Crippen LogP contribution in [0.15, 0.2) is 97.1 Å². The Labute approximate surface area is 305 Å². The Kier molecular flexibility index (Phi) is 13.1. The molecule has 2 heterocycles. The van der Waals surface area contributed by atoms with Crippen LogP contribution in [0.5, 0.6) is 0 Å². The highest BCUT2D eigenvalue weighted by Gasteiger charge is 2.35. The van der Waals surface area contributed by atoms with Gasteiger partial charge in [-0.3, -0.25) is 14.5 Å². The van der Waals surface area contributed by atoms with Gasteiger partial charge in [0.25, 0.3) is 0 Å². The van der Waals surface area contributed by atoms with Crippen molar-refractivity contribution >= 4 is 23.2 Å². The highest BCUT2D eigenvalue weighted by atomic mass is 16.7. The first-order valence-electron chi connectivity index (χ1n) is 18.3. The Morgan fingerprint density at radius 2 is 1.56 bits per heavy atom. The van der Waals surface area contributed by atoms with Crippen molar-refractivity contribution in [2.45, 2.75) is 82.6 Å². The maximum Gasteiger partial charge on any atom is 0.224 e. The van der Waals surface area contributed by atoms with Gasteiger partial charge in [-0.05, 0) is 84.3 Å². The van der Waals surface area contributed by atoms with Gasteiger partial charge in [0.2, 0.25) is 11.8 Å². The molecule has 274 valence electrons. The third-order valence-electron chi connectivity index (χ3n) is 9.96. The summed E-state index contributed by atoms with van der Waals surface area (Å²) in [4.78, 5) is 27.2. The molecule has 2 aliphatic heterocycles. The van der Waals surface area contributed by atoms with E-state index < -0.39 is 6.29 Å². The average Bonchev–Trinajstić information content (AvgIpc) is 3.63. The molecule has 0 radical (unpaired) electrons. The molecule has 2 amide bonds. The Balaban J connectivity index is 1.05. The Hall–Kier alpha value is -4.58. The van der Waals surface area contributed by atoms with E-state index in [4.69, 9.17) is 15.2 Å². The number of hydrogen-bond acceptors (Lipinski definition) is 8. The lowest BCUT2D eigenvalue weighted by Gasteiger charge is -2.38. The van der Waals surface area contributed by atoms with Gasteiger partial charge >= 0.3 is 0 Å². The number of hydrogen-bond donors (Lipinski definition) is 5. The fourth-order valence-corrected chi connectivity index (χ4v) is 7.05. The third-order valence-corrected chi connectivity index (χ3v) is 9.96. The molecule has 2 aliphatic rings. The topological polar surface area (TPSA) is 146 Å². The largest absolute Gasteiger partial charge is 0.397 e. The number of nitrogens with one attached hydrogen (secondary N) is 2. The minimum absolute atomic E-state index is 0.00791. The first-order valence-corrected chi connectivity index (χ1v) is 18.3. The lowest BCUT2D eigenvalue weighted by atomic mass is 9.98. The number of rotatable bonds is 15. The molecule has 0 aliphatic carbocycles. The van der Waals surface area contributed by atoms with E-state index in [0.29, 0.717) is 50.0 Å². The number of amides is 2. The summed E-state index contributed by atoms with van der Waals surface area (Å²) >= 11 is 0. The number of nitrogen functional groups attached to an aromatic ring is 1. The van der Waals surface area contributed by atoms with Crippen molar-refractivity contribution in [3.05, 3.63) is 119 Å². The molecule has 4 atom stereocenters.